The molecule has 54 heavy (non-hydrogen) atoms. The van der Waals surface area contributed by atoms with Gasteiger partial charge in [-0.3, -0.25) is 0 Å². The molecule has 1 saturated carbocycles. The fourth-order valence-corrected chi connectivity index (χ4v) is 8.78. The van der Waals surface area contributed by atoms with Crippen LogP contribution in [0.25, 0.3) is 27.8 Å². The third-order valence-corrected chi connectivity index (χ3v) is 11.3. The van der Waals surface area contributed by atoms with E-state index in [0.717, 1.165) is 19.3 Å². The summed E-state index contributed by atoms with van der Waals surface area (Å²) in [7, 11) is 0. The van der Waals surface area contributed by atoms with Gasteiger partial charge in [0.2, 0.25) is 0 Å². The SMILES string of the molecule is CCCCC(CCCC)=C1C(=C(c2ccccc2)c2ccccc2)CC2=C(c3ccccc3)c3cc(-c4ccccc4)ccc3C(c3ccccc3)=CC21. The van der Waals surface area contributed by atoms with Crippen LogP contribution in [0.4, 0.5) is 0 Å². The lowest BCUT2D eigenvalue weighted by Crippen LogP contribution is -2.05. The van der Waals surface area contributed by atoms with Crippen LogP contribution in [-0.4, -0.2) is 0 Å². The quantitative estimate of drug-likeness (QED) is 0.126. The molecule has 0 nitrogen and oxygen atoms in total. The maximum absolute atomic E-state index is 2.66. The first-order chi connectivity index (χ1) is 26.7. The average molecular weight is 699 g/mol. The molecule has 8 rings (SSSR count). The zero-order chi connectivity index (χ0) is 36.7. The van der Waals surface area contributed by atoms with Gasteiger partial charge in [-0.2, -0.15) is 0 Å². The van der Waals surface area contributed by atoms with Gasteiger partial charge in [-0.15, -0.1) is 0 Å². The Hall–Kier alpha value is -5.72. The molecular formula is C54H50. The minimum absolute atomic E-state index is 0.143. The van der Waals surface area contributed by atoms with E-state index in [2.05, 4.69) is 190 Å². The molecular weight excluding hydrogens is 649 g/mol. The van der Waals surface area contributed by atoms with Crippen LogP contribution in [-0.2, 0) is 0 Å². The number of unbranched alkanes of at least 4 members (excludes halogenated alkanes) is 2. The van der Waals surface area contributed by atoms with E-state index in [9.17, 15) is 0 Å². The standard InChI is InChI=1S/C54H50/c1-3-5-22-43(23-6-4-2)54-49-37-47(40-26-14-8-15-27-40)46-35-34-45(39-24-12-7-13-25-39)36-48(46)53(44-32-20-11-21-33-44)50(49)38-51(54)52(41-28-16-9-17-29-41)42-30-18-10-19-31-42/h7-21,24-37,49H,3-6,22-23,38H2,1-2H3. The number of hydrogen-bond acceptors (Lipinski definition) is 0. The first-order valence-electron chi connectivity index (χ1n) is 20.1. The Morgan fingerprint density at radius 2 is 1.00 bits per heavy atom. The van der Waals surface area contributed by atoms with Gasteiger partial charge in [0.1, 0.15) is 0 Å². The third-order valence-electron chi connectivity index (χ3n) is 11.3. The van der Waals surface area contributed by atoms with Gasteiger partial charge in [0, 0.05) is 5.92 Å². The minimum atomic E-state index is 0.143. The Morgan fingerprint density at radius 3 is 1.54 bits per heavy atom. The van der Waals surface area contributed by atoms with Crippen LogP contribution in [0.5, 0.6) is 0 Å². The van der Waals surface area contributed by atoms with Gasteiger partial charge >= 0.3 is 0 Å². The topological polar surface area (TPSA) is 0 Å². The molecule has 1 atom stereocenters. The second-order valence-corrected chi connectivity index (χ2v) is 14.8. The number of fused-ring (bicyclic) bond motifs is 2. The summed E-state index contributed by atoms with van der Waals surface area (Å²) in [6.07, 6.45) is 10.6. The average Bonchev–Trinajstić information content (AvgIpc) is 3.52. The summed E-state index contributed by atoms with van der Waals surface area (Å²) >= 11 is 0. The lowest BCUT2D eigenvalue weighted by molar-refractivity contribution is 0.698. The predicted molar refractivity (Wildman–Crippen MR) is 231 cm³/mol. The van der Waals surface area contributed by atoms with Gasteiger partial charge < -0.3 is 0 Å². The van der Waals surface area contributed by atoms with Crippen LogP contribution in [0.1, 0.15) is 92.2 Å². The zero-order valence-corrected chi connectivity index (χ0v) is 31.8. The van der Waals surface area contributed by atoms with Gasteiger partial charge in [0.05, 0.1) is 0 Å². The maximum Gasteiger partial charge on any atom is 0.0252 e. The third kappa shape index (κ3) is 7.14. The summed E-state index contributed by atoms with van der Waals surface area (Å²) in [6.45, 7) is 4.68. The molecule has 0 aliphatic heterocycles. The van der Waals surface area contributed by atoms with Crippen molar-refractivity contribution in [2.75, 3.05) is 0 Å². The summed E-state index contributed by atoms with van der Waals surface area (Å²) in [6, 6.07) is 62.8. The second-order valence-electron chi connectivity index (χ2n) is 14.8. The van der Waals surface area contributed by atoms with E-state index in [4.69, 9.17) is 0 Å². The van der Waals surface area contributed by atoms with Crippen molar-refractivity contribution in [2.45, 2.75) is 58.8 Å². The highest BCUT2D eigenvalue weighted by Gasteiger charge is 2.38. The fraction of sp³-hybridized carbons (Fsp3) is 0.185. The highest BCUT2D eigenvalue weighted by Crippen LogP contribution is 2.55. The highest BCUT2D eigenvalue weighted by atomic mass is 14.4. The number of hydrogen-bond donors (Lipinski definition) is 0. The highest BCUT2D eigenvalue weighted by molar-refractivity contribution is 5.99. The molecule has 6 aromatic carbocycles. The first kappa shape index (κ1) is 35.3. The van der Waals surface area contributed by atoms with Crippen molar-refractivity contribution in [1.29, 1.82) is 0 Å². The minimum Gasteiger partial charge on any atom is -0.0658 e. The van der Waals surface area contributed by atoms with Crippen molar-refractivity contribution < 1.29 is 0 Å². The fourth-order valence-electron chi connectivity index (χ4n) is 8.78. The number of benzene rings is 6. The number of rotatable bonds is 11. The molecule has 0 aromatic heterocycles. The van der Waals surface area contributed by atoms with E-state index >= 15 is 0 Å². The summed E-state index contributed by atoms with van der Waals surface area (Å²) in [5, 5.41) is 0. The maximum atomic E-state index is 2.66. The molecule has 6 aromatic rings. The smallest absolute Gasteiger partial charge is 0.0252 e. The molecule has 0 spiro atoms. The Morgan fingerprint density at radius 1 is 0.500 bits per heavy atom. The molecule has 0 saturated heterocycles. The molecule has 266 valence electrons. The van der Waals surface area contributed by atoms with E-state index in [0.29, 0.717) is 0 Å². The monoisotopic (exact) mass is 698 g/mol. The van der Waals surface area contributed by atoms with E-state index in [1.807, 2.05) is 0 Å². The molecule has 2 aliphatic rings. The van der Waals surface area contributed by atoms with Crippen molar-refractivity contribution in [3.05, 3.63) is 232 Å². The van der Waals surface area contributed by atoms with Gasteiger partial charge in [-0.05, 0) is 116 Å². The van der Waals surface area contributed by atoms with Crippen molar-refractivity contribution in [3.63, 3.8) is 0 Å². The van der Waals surface area contributed by atoms with Crippen LogP contribution >= 0.6 is 0 Å². The van der Waals surface area contributed by atoms with Crippen molar-refractivity contribution in [2.24, 2.45) is 5.92 Å². The van der Waals surface area contributed by atoms with Gasteiger partial charge in [-0.1, -0.05) is 202 Å². The van der Waals surface area contributed by atoms with Crippen LogP contribution in [0, 0.1) is 5.92 Å². The molecule has 0 bridgehead atoms. The van der Waals surface area contributed by atoms with Gasteiger partial charge in [-0.25, -0.2) is 0 Å². The molecule has 0 heteroatoms. The Kier molecular flexibility index (Phi) is 10.8. The molecule has 0 N–H and O–H groups in total. The normalized spacial score (nSPS) is 15.0. The lowest BCUT2D eigenvalue weighted by atomic mass is 9.83. The summed E-state index contributed by atoms with van der Waals surface area (Å²) in [5.74, 6) is 0.143. The Bertz CT molecular complexity index is 2270. The zero-order valence-electron chi connectivity index (χ0n) is 31.8. The number of allylic oxidation sites excluding steroid dienone is 5. The van der Waals surface area contributed by atoms with E-state index in [-0.39, 0.29) is 5.92 Å². The Balaban J connectivity index is 1.53. The van der Waals surface area contributed by atoms with Crippen molar-refractivity contribution >= 4 is 16.7 Å². The van der Waals surface area contributed by atoms with Gasteiger partial charge in [0.25, 0.3) is 0 Å². The lowest BCUT2D eigenvalue weighted by Gasteiger charge is -2.21. The first-order valence-corrected chi connectivity index (χ1v) is 20.1. The summed E-state index contributed by atoms with van der Waals surface area (Å²) in [5.41, 5.74) is 20.6. The molecule has 0 heterocycles. The van der Waals surface area contributed by atoms with E-state index in [1.165, 1.54) is 98.1 Å². The largest absolute Gasteiger partial charge is 0.0658 e. The molecule has 1 fully saturated rings. The summed E-state index contributed by atoms with van der Waals surface area (Å²) < 4.78 is 0. The van der Waals surface area contributed by atoms with E-state index in [1.54, 1.807) is 11.1 Å². The van der Waals surface area contributed by atoms with Crippen LogP contribution in [0.3, 0.4) is 0 Å². The van der Waals surface area contributed by atoms with Crippen LogP contribution in [0.2, 0.25) is 0 Å². The second kappa shape index (κ2) is 16.5. The summed E-state index contributed by atoms with van der Waals surface area (Å²) in [4.78, 5) is 0. The predicted octanol–water partition coefficient (Wildman–Crippen LogP) is 14.8. The van der Waals surface area contributed by atoms with Crippen LogP contribution in [0.15, 0.2) is 198 Å². The molecule has 0 radical (unpaired) electrons. The van der Waals surface area contributed by atoms with Crippen LogP contribution < -0.4 is 0 Å². The molecule has 2 aliphatic carbocycles. The molecule has 0 amide bonds. The van der Waals surface area contributed by atoms with E-state index < -0.39 is 0 Å². The van der Waals surface area contributed by atoms with Crippen molar-refractivity contribution in [3.8, 4) is 11.1 Å². The van der Waals surface area contributed by atoms with Gasteiger partial charge in [0.15, 0.2) is 0 Å². The Labute approximate surface area is 323 Å². The molecule has 1 unspecified atom stereocenters. The van der Waals surface area contributed by atoms with Crippen molar-refractivity contribution in [1.82, 2.24) is 0 Å².